The maximum Gasteiger partial charge on any atom is 0.306 e. The smallest absolute Gasteiger partial charge is 0.306 e. The van der Waals surface area contributed by atoms with Gasteiger partial charge in [0, 0.05) is 19.2 Å². The molecule has 1 saturated heterocycles. The summed E-state index contributed by atoms with van der Waals surface area (Å²) in [5.74, 6) is -3.46. The minimum atomic E-state index is -1.45. The summed E-state index contributed by atoms with van der Waals surface area (Å²) < 4.78 is 33.2. The molecule has 1 aromatic rings. The number of hydrogen-bond donors (Lipinski definition) is 1. The first-order chi connectivity index (χ1) is 10.4. The number of nitro groups is 1. The van der Waals surface area contributed by atoms with E-state index in [1.165, 1.54) is 6.92 Å². The van der Waals surface area contributed by atoms with E-state index < -0.39 is 33.7 Å². The molecular weight excluding hydrogens is 298 g/mol. The first-order valence-electron chi connectivity index (χ1n) is 6.90. The number of carbonyl (C=O) groups excluding carboxylic acids is 1. The molecule has 8 heteroatoms. The number of nitrogens with one attached hydrogen (secondary N) is 1. The SMILES string of the molecule is Cc1cc([N+](=O)[O-])c(F)c(C(=O)NCC2CCCOC2)c1F. The molecule has 0 saturated carbocycles. The van der Waals surface area contributed by atoms with Crippen molar-refractivity contribution in [1.82, 2.24) is 5.32 Å². The van der Waals surface area contributed by atoms with Crippen LogP contribution in [0.3, 0.4) is 0 Å². The molecule has 1 atom stereocenters. The third-order valence-electron chi connectivity index (χ3n) is 3.59. The van der Waals surface area contributed by atoms with Crippen molar-refractivity contribution in [1.29, 1.82) is 0 Å². The fourth-order valence-electron chi connectivity index (χ4n) is 2.38. The van der Waals surface area contributed by atoms with Gasteiger partial charge in [0.1, 0.15) is 11.4 Å². The Bertz CT molecular complexity index is 601. The van der Waals surface area contributed by atoms with Crippen LogP contribution < -0.4 is 5.32 Å². The number of nitrogens with zero attached hydrogens (tertiary/aromatic N) is 1. The van der Waals surface area contributed by atoms with Gasteiger partial charge in [-0.25, -0.2) is 4.39 Å². The Balaban J connectivity index is 2.19. The van der Waals surface area contributed by atoms with Crippen LogP contribution in [0, 0.1) is 34.6 Å². The number of hydrogen-bond acceptors (Lipinski definition) is 4. The third-order valence-corrected chi connectivity index (χ3v) is 3.59. The summed E-state index contributed by atoms with van der Waals surface area (Å²) in [4.78, 5) is 21.8. The highest BCUT2D eigenvalue weighted by atomic mass is 19.1. The zero-order valence-electron chi connectivity index (χ0n) is 12.0. The second kappa shape index (κ2) is 6.78. The highest BCUT2D eigenvalue weighted by Crippen LogP contribution is 2.26. The maximum absolute atomic E-state index is 14.0. The maximum atomic E-state index is 14.0. The summed E-state index contributed by atoms with van der Waals surface area (Å²) in [5, 5.41) is 13.2. The summed E-state index contributed by atoms with van der Waals surface area (Å²) >= 11 is 0. The van der Waals surface area contributed by atoms with E-state index in [-0.39, 0.29) is 18.0 Å². The monoisotopic (exact) mass is 314 g/mol. The minimum absolute atomic E-state index is 0.0728. The van der Waals surface area contributed by atoms with Crippen molar-refractivity contribution in [3.63, 3.8) is 0 Å². The Hall–Kier alpha value is -2.09. The van der Waals surface area contributed by atoms with Crippen LogP contribution in [0.1, 0.15) is 28.8 Å². The van der Waals surface area contributed by atoms with Gasteiger partial charge in [0.15, 0.2) is 0 Å². The predicted octanol–water partition coefficient (Wildman–Crippen LogP) is 2.34. The van der Waals surface area contributed by atoms with Gasteiger partial charge in [-0.3, -0.25) is 14.9 Å². The largest absolute Gasteiger partial charge is 0.381 e. The minimum Gasteiger partial charge on any atom is -0.381 e. The van der Waals surface area contributed by atoms with E-state index in [9.17, 15) is 23.7 Å². The molecule has 1 heterocycles. The lowest BCUT2D eigenvalue weighted by molar-refractivity contribution is -0.387. The molecule has 1 N–H and O–H groups in total. The first kappa shape index (κ1) is 16.3. The molecule has 1 aliphatic rings. The zero-order chi connectivity index (χ0) is 16.3. The summed E-state index contributed by atoms with van der Waals surface area (Å²) in [6.07, 6.45) is 1.71. The molecule has 1 aliphatic heterocycles. The van der Waals surface area contributed by atoms with Gasteiger partial charge in [0.2, 0.25) is 5.82 Å². The average Bonchev–Trinajstić information content (AvgIpc) is 2.49. The molecular formula is C14H16F2N2O4. The van der Waals surface area contributed by atoms with Crippen LogP contribution in [0.5, 0.6) is 0 Å². The van der Waals surface area contributed by atoms with Gasteiger partial charge in [-0.2, -0.15) is 4.39 Å². The van der Waals surface area contributed by atoms with Crippen LogP contribution in [0.15, 0.2) is 6.07 Å². The number of halogens is 2. The Labute approximate surface area is 125 Å². The summed E-state index contributed by atoms with van der Waals surface area (Å²) in [7, 11) is 0. The molecule has 1 unspecified atom stereocenters. The van der Waals surface area contributed by atoms with Gasteiger partial charge in [-0.15, -0.1) is 0 Å². The van der Waals surface area contributed by atoms with Gasteiger partial charge >= 0.3 is 5.69 Å². The number of amides is 1. The number of ether oxygens (including phenoxy) is 1. The molecule has 1 aromatic carbocycles. The van der Waals surface area contributed by atoms with Crippen LogP contribution in [0.2, 0.25) is 0 Å². The van der Waals surface area contributed by atoms with Gasteiger partial charge in [0.25, 0.3) is 5.91 Å². The van der Waals surface area contributed by atoms with Crippen LogP contribution in [-0.2, 0) is 4.74 Å². The quantitative estimate of drug-likeness (QED) is 0.683. The van der Waals surface area contributed by atoms with E-state index >= 15 is 0 Å². The number of nitro benzene ring substituents is 1. The number of benzene rings is 1. The Morgan fingerprint density at radius 3 is 2.82 bits per heavy atom. The molecule has 2 rings (SSSR count). The van der Waals surface area contributed by atoms with Crippen molar-refractivity contribution in [2.45, 2.75) is 19.8 Å². The topological polar surface area (TPSA) is 81.5 Å². The molecule has 22 heavy (non-hydrogen) atoms. The Morgan fingerprint density at radius 2 is 2.23 bits per heavy atom. The number of rotatable bonds is 4. The first-order valence-corrected chi connectivity index (χ1v) is 6.90. The highest BCUT2D eigenvalue weighted by molar-refractivity contribution is 5.95. The lowest BCUT2D eigenvalue weighted by Gasteiger charge is -2.22. The summed E-state index contributed by atoms with van der Waals surface area (Å²) in [5.41, 5.74) is -1.98. The summed E-state index contributed by atoms with van der Waals surface area (Å²) in [6, 6.07) is 0.774. The molecule has 1 fully saturated rings. The van der Waals surface area contributed by atoms with Crippen molar-refractivity contribution in [2.75, 3.05) is 19.8 Å². The van der Waals surface area contributed by atoms with Gasteiger partial charge in [-0.05, 0) is 31.2 Å². The number of aryl methyl sites for hydroxylation is 1. The fraction of sp³-hybridized carbons (Fsp3) is 0.500. The van der Waals surface area contributed by atoms with Gasteiger partial charge in [0.05, 0.1) is 11.5 Å². The van der Waals surface area contributed by atoms with Crippen molar-refractivity contribution >= 4 is 11.6 Å². The standard InChI is InChI=1S/C14H16F2N2O4/c1-8-5-10(18(20)21)13(16)11(12(8)15)14(19)17-6-9-3-2-4-22-7-9/h5,9H,2-4,6-7H2,1H3,(H,17,19). The van der Waals surface area contributed by atoms with E-state index in [4.69, 9.17) is 4.74 Å². The molecule has 0 radical (unpaired) electrons. The molecule has 0 aromatic heterocycles. The molecule has 0 aliphatic carbocycles. The van der Waals surface area contributed by atoms with Crippen LogP contribution in [0.4, 0.5) is 14.5 Å². The van der Waals surface area contributed by atoms with E-state index in [1.54, 1.807) is 0 Å². The van der Waals surface area contributed by atoms with E-state index in [1.807, 2.05) is 0 Å². The zero-order valence-corrected chi connectivity index (χ0v) is 12.0. The third kappa shape index (κ3) is 3.38. The molecule has 1 amide bonds. The lowest BCUT2D eigenvalue weighted by atomic mass is 10.0. The van der Waals surface area contributed by atoms with Crippen molar-refractivity contribution in [3.8, 4) is 0 Å². The molecule has 0 bridgehead atoms. The average molecular weight is 314 g/mol. The molecule has 120 valence electrons. The molecule has 0 spiro atoms. The normalized spacial score (nSPS) is 18.0. The summed E-state index contributed by atoms with van der Waals surface area (Å²) in [6.45, 7) is 2.59. The van der Waals surface area contributed by atoms with Gasteiger partial charge < -0.3 is 10.1 Å². The van der Waals surface area contributed by atoms with Crippen molar-refractivity contribution in [2.24, 2.45) is 5.92 Å². The van der Waals surface area contributed by atoms with E-state index in [0.29, 0.717) is 13.2 Å². The second-order valence-corrected chi connectivity index (χ2v) is 5.27. The number of carbonyl (C=O) groups is 1. The molecule has 6 nitrogen and oxygen atoms in total. The van der Waals surface area contributed by atoms with Crippen molar-refractivity contribution in [3.05, 3.63) is 38.9 Å². The van der Waals surface area contributed by atoms with E-state index in [0.717, 1.165) is 18.9 Å². The predicted molar refractivity (Wildman–Crippen MR) is 73.6 cm³/mol. The Morgan fingerprint density at radius 1 is 1.50 bits per heavy atom. The second-order valence-electron chi connectivity index (χ2n) is 5.27. The highest BCUT2D eigenvalue weighted by Gasteiger charge is 2.28. The van der Waals surface area contributed by atoms with Gasteiger partial charge in [-0.1, -0.05) is 0 Å². The van der Waals surface area contributed by atoms with Crippen LogP contribution in [-0.4, -0.2) is 30.6 Å². The lowest BCUT2D eigenvalue weighted by Crippen LogP contribution is -2.34. The van der Waals surface area contributed by atoms with Crippen molar-refractivity contribution < 1.29 is 23.2 Å². The van der Waals surface area contributed by atoms with E-state index in [2.05, 4.69) is 5.32 Å². The van der Waals surface area contributed by atoms with Crippen LogP contribution >= 0.6 is 0 Å². The Kier molecular flexibility index (Phi) is 5.02. The van der Waals surface area contributed by atoms with Crippen LogP contribution in [0.25, 0.3) is 0 Å². The fourth-order valence-corrected chi connectivity index (χ4v) is 2.38.